The van der Waals surface area contributed by atoms with Crippen LogP contribution in [-0.2, 0) is 12.7 Å². The summed E-state index contributed by atoms with van der Waals surface area (Å²) in [6.07, 6.45) is -4.29. The highest BCUT2D eigenvalue weighted by atomic mass is 32.1. The third-order valence-electron chi connectivity index (χ3n) is 2.20. The number of halogens is 3. The molecule has 0 aliphatic rings. The molecule has 80 valence electrons. The smallest absolute Gasteiger partial charge is 0.326 e. The first-order valence-electron chi connectivity index (χ1n) is 4.30. The third kappa shape index (κ3) is 1.85. The first-order chi connectivity index (χ1) is 7.02. The highest BCUT2D eigenvalue weighted by molar-refractivity contribution is 7.17. The second-order valence-corrected chi connectivity index (χ2v) is 4.08. The summed E-state index contributed by atoms with van der Waals surface area (Å²) in [6.45, 7) is 0.265. The highest BCUT2D eigenvalue weighted by Gasteiger charge is 2.30. The second kappa shape index (κ2) is 3.50. The van der Waals surface area contributed by atoms with Crippen molar-refractivity contribution < 1.29 is 13.2 Å². The fourth-order valence-electron chi connectivity index (χ4n) is 1.42. The monoisotopic (exact) mass is 231 g/mol. The van der Waals surface area contributed by atoms with E-state index in [0.717, 1.165) is 22.4 Å². The van der Waals surface area contributed by atoms with Gasteiger partial charge in [0.1, 0.15) is 0 Å². The first kappa shape index (κ1) is 10.4. The molecule has 1 aromatic carbocycles. The zero-order chi connectivity index (χ0) is 11.1. The summed E-state index contributed by atoms with van der Waals surface area (Å²) in [7, 11) is 0. The summed E-state index contributed by atoms with van der Waals surface area (Å²) in [5.74, 6) is 0. The standard InChI is InChI=1S/C10H8F3NS/c11-10(12,13)7-1-2-9-8(3-7)6(4-14)5-15-9/h1-3,5H,4,14H2. The van der Waals surface area contributed by atoms with Gasteiger partial charge in [0, 0.05) is 11.2 Å². The lowest BCUT2D eigenvalue weighted by atomic mass is 10.1. The molecule has 5 heteroatoms. The predicted octanol–water partition coefficient (Wildman–Crippen LogP) is 3.38. The Hall–Kier alpha value is -1.07. The van der Waals surface area contributed by atoms with Crippen LogP contribution in [0, 0.1) is 0 Å². The summed E-state index contributed by atoms with van der Waals surface area (Å²) in [4.78, 5) is 0. The molecule has 0 amide bonds. The molecule has 0 saturated carbocycles. The van der Waals surface area contributed by atoms with Gasteiger partial charge in [0.15, 0.2) is 0 Å². The minimum atomic E-state index is -4.29. The Morgan fingerprint density at radius 2 is 2.00 bits per heavy atom. The van der Waals surface area contributed by atoms with Crippen LogP contribution in [0.2, 0.25) is 0 Å². The van der Waals surface area contributed by atoms with Gasteiger partial charge >= 0.3 is 6.18 Å². The van der Waals surface area contributed by atoms with Crippen molar-refractivity contribution in [3.8, 4) is 0 Å². The molecule has 1 aromatic heterocycles. The van der Waals surface area contributed by atoms with Crippen molar-refractivity contribution in [2.45, 2.75) is 12.7 Å². The summed E-state index contributed by atoms with van der Waals surface area (Å²) in [5.41, 5.74) is 5.59. The lowest BCUT2D eigenvalue weighted by Crippen LogP contribution is -2.04. The van der Waals surface area contributed by atoms with Crippen LogP contribution in [0.25, 0.3) is 10.1 Å². The van der Waals surface area contributed by atoms with E-state index >= 15 is 0 Å². The number of hydrogen-bond donors (Lipinski definition) is 1. The summed E-state index contributed by atoms with van der Waals surface area (Å²) in [6, 6.07) is 3.75. The molecule has 0 radical (unpaired) electrons. The number of benzene rings is 1. The van der Waals surface area contributed by atoms with Crippen LogP contribution in [0.3, 0.4) is 0 Å². The van der Waals surface area contributed by atoms with Crippen molar-refractivity contribution in [2.75, 3.05) is 0 Å². The van der Waals surface area contributed by atoms with Gasteiger partial charge in [-0.15, -0.1) is 11.3 Å². The lowest BCUT2D eigenvalue weighted by Gasteiger charge is -2.06. The number of rotatable bonds is 1. The van der Waals surface area contributed by atoms with Crippen molar-refractivity contribution in [1.29, 1.82) is 0 Å². The lowest BCUT2D eigenvalue weighted by molar-refractivity contribution is -0.137. The summed E-state index contributed by atoms with van der Waals surface area (Å²) >= 11 is 1.41. The summed E-state index contributed by atoms with van der Waals surface area (Å²) < 4.78 is 38.1. The Morgan fingerprint density at radius 3 is 2.60 bits per heavy atom. The fraction of sp³-hybridized carbons (Fsp3) is 0.200. The fourth-order valence-corrected chi connectivity index (χ4v) is 2.37. The van der Waals surface area contributed by atoms with Crippen LogP contribution in [0.4, 0.5) is 13.2 Å². The van der Waals surface area contributed by atoms with Crippen LogP contribution in [0.1, 0.15) is 11.1 Å². The topological polar surface area (TPSA) is 26.0 Å². The molecule has 0 bridgehead atoms. The summed E-state index contributed by atoms with van der Waals surface area (Å²) in [5, 5.41) is 2.41. The molecule has 1 nitrogen and oxygen atoms in total. The number of alkyl halides is 3. The molecule has 0 aliphatic heterocycles. The zero-order valence-corrected chi connectivity index (χ0v) is 8.45. The Kier molecular flexibility index (Phi) is 2.44. The Balaban J connectivity index is 2.63. The van der Waals surface area contributed by atoms with Crippen molar-refractivity contribution in [2.24, 2.45) is 5.73 Å². The van der Waals surface area contributed by atoms with Crippen LogP contribution >= 0.6 is 11.3 Å². The third-order valence-corrected chi connectivity index (χ3v) is 3.21. The molecule has 2 N–H and O–H groups in total. The minimum absolute atomic E-state index is 0.265. The molecule has 15 heavy (non-hydrogen) atoms. The molecule has 1 heterocycles. The molecule has 0 aliphatic carbocycles. The van der Waals surface area contributed by atoms with Crippen molar-refractivity contribution in [1.82, 2.24) is 0 Å². The molecular weight excluding hydrogens is 223 g/mol. The average Bonchev–Trinajstić information content (AvgIpc) is 2.57. The van der Waals surface area contributed by atoms with Gasteiger partial charge in [-0.05, 0) is 34.5 Å². The van der Waals surface area contributed by atoms with Gasteiger partial charge in [0.2, 0.25) is 0 Å². The van der Waals surface area contributed by atoms with E-state index in [4.69, 9.17) is 5.73 Å². The van der Waals surface area contributed by atoms with Gasteiger partial charge < -0.3 is 5.73 Å². The number of hydrogen-bond acceptors (Lipinski definition) is 2. The normalized spacial score (nSPS) is 12.3. The maximum Gasteiger partial charge on any atom is 0.416 e. The van der Waals surface area contributed by atoms with Gasteiger partial charge in [-0.25, -0.2) is 0 Å². The van der Waals surface area contributed by atoms with Crippen molar-refractivity contribution in [3.05, 3.63) is 34.7 Å². The van der Waals surface area contributed by atoms with Crippen LogP contribution in [0.15, 0.2) is 23.6 Å². The van der Waals surface area contributed by atoms with Crippen molar-refractivity contribution in [3.63, 3.8) is 0 Å². The van der Waals surface area contributed by atoms with Gasteiger partial charge in [0.25, 0.3) is 0 Å². The molecule has 0 atom stereocenters. The molecule has 0 saturated heterocycles. The highest BCUT2D eigenvalue weighted by Crippen LogP contribution is 2.34. The molecule has 2 rings (SSSR count). The van der Waals surface area contributed by atoms with E-state index in [9.17, 15) is 13.2 Å². The van der Waals surface area contributed by atoms with E-state index in [1.165, 1.54) is 17.4 Å². The quantitative estimate of drug-likeness (QED) is 0.800. The molecule has 0 fully saturated rings. The van der Waals surface area contributed by atoms with Gasteiger partial charge in [-0.1, -0.05) is 0 Å². The molecule has 0 spiro atoms. The average molecular weight is 231 g/mol. The van der Waals surface area contributed by atoms with E-state index in [2.05, 4.69) is 0 Å². The number of thiophene rings is 1. The van der Waals surface area contributed by atoms with Gasteiger partial charge in [-0.3, -0.25) is 0 Å². The van der Waals surface area contributed by atoms with E-state index in [1.807, 2.05) is 0 Å². The Labute approximate surface area is 88.3 Å². The van der Waals surface area contributed by atoms with E-state index in [1.54, 1.807) is 5.38 Å². The largest absolute Gasteiger partial charge is 0.416 e. The van der Waals surface area contributed by atoms with E-state index in [-0.39, 0.29) is 6.54 Å². The second-order valence-electron chi connectivity index (χ2n) is 3.17. The Bertz CT molecular complexity index is 487. The minimum Gasteiger partial charge on any atom is -0.326 e. The Morgan fingerprint density at radius 1 is 1.27 bits per heavy atom. The van der Waals surface area contributed by atoms with Crippen molar-refractivity contribution >= 4 is 21.4 Å². The number of fused-ring (bicyclic) bond motifs is 1. The van der Waals surface area contributed by atoms with E-state index in [0.29, 0.717) is 5.39 Å². The van der Waals surface area contributed by atoms with Crippen LogP contribution in [-0.4, -0.2) is 0 Å². The van der Waals surface area contributed by atoms with Gasteiger partial charge in [-0.2, -0.15) is 13.2 Å². The van der Waals surface area contributed by atoms with Crippen LogP contribution in [0.5, 0.6) is 0 Å². The van der Waals surface area contributed by atoms with Gasteiger partial charge in [0.05, 0.1) is 5.56 Å². The zero-order valence-electron chi connectivity index (χ0n) is 7.64. The maximum absolute atomic E-state index is 12.4. The maximum atomic E-state index is 12.4. The SMILES string of the molecule is NCc1csc2ccc(C(F)(F)F)cc12. The molecule has 0 unspecified atom stereocenters. The number of nitrogens with two attached hydrogens (primary N) is 1. The predicted molar refractivity (Wildman–Crippen MR) is 54.7 cm³/mol. The molecule has 2 aromatic rings. The molecular formula is C10H8F3NS. The van der Waals surface area contributed by atoms with Crippen LogP contribution < -0.4 is 5.73 Å². The van der Waals surface area contributed by atoms with E-state index < -0.39 is 11.7 Å². The first-order valence-corrected chi connectivity index (χ1v) is 5.17.